The lowest BCUT2D eigenvalue weighted by atomic mass is 9.99. The summed E-state index contributed by atoms with van der Waals surface area (Å²) in [6.07, 6.45) is 6.46. The van der Waals surface area contributed by atoms with E-state index in [1.807, 2.05) is 23.1 Å². The monoisotopic (exact) mass is 507 g/mol. The fourth-order valence-corrected chi connectivity index (χ4v) is 4.71. The minimum Gasteiger partial charge on any atom is -0.489 e. The van der Waals surface area contributed by atoms with Crippen LogP contribution in [0.2, 0.25) is 0 Å². The predicted molar refractivity (Wildman–Crippen MR) is 149 cm³/mol. The quantitative estimate of drug-likeness (QED) is 0.351. The van der Waals surface area contributed by atoms with Crippen molar-refractivity contribution in [3.63, 3.8) is 0 Å². The standard InChI is InChI=1S/C31H45N3O3/c1-4-5-6-7-10-26(3)21-30(35)32-22-31(36)34-19-17-33(18-20-34)23-28-11-8-9-12-29(28)37-24-27-15-13-25(2)14-16-27/h8-9,11-16,26H,4-7,10,17-24H2,1-3H3,(H,32,35). The first kappa shape index (κ1) is 28.7. The Hall–Kier alpha value is -2.86. The molecule has 1 fully saturated rings. The van der Waals surface area contributed by atoms with E-state index in [1.165, 1.54) is 31.2 Å². The van der Waals surface area contributed by atoms with Crippen molar-refractivity contribution in [2.75, 3.05) is 32.7 Å². The first-order valence-corrected chi connectivity index (χ1v) is 14.0. The lowest BCUT2D eigenvalue weighted by Crippen LogP contribution is -2.50. The van der Waals surface area contributed by atoms with Crippen LogP contribution < -0.4 is 10.1 Å². The molecule has 1 aliphatic rings. The first-order chi connectivity index (χ1) is 17.9. The van der Waals surface area contributed by atoms with Gasteiger partial charge in [-0.25, -0.2) is 0 Å². The molecule has 37 heavy (non-hydrogen) atoms. The highest BCUT2D eigenvalue weighted by atomic mass is 16.5. The molecule has 1 atom stereocenters. The number of hydrogen-bond acceptors (Lipinski definition) is 4. The number of nitrogens with one attached hydrogen (secondary N) is 1. The minimum absolute atomic E-state index is 0.00503. The molecular formula is C31H45N3O3. The molecular weight excluding hydrogens is 462 g/mol. The summed E-state index contributed by atoms with van der Waals surface area (Å²) in [4.78, 5) is 29.2. The number of carbonyl (C=O) groups excluding carboxylic acids is 2. The van der Waals surface area contributed by atoms with Gasteiger partial charge < -0.3 is 15.0 Å². The Kier molecular flexibility index (Phi) is 12.0. The number of piperazine rings is 1. The summed E-state index contributed by atoms with van der Waals surface area (Å²) in [5.74, 6) is 1.26. The highest BCUT2D eigenvalue weighted by Gasteiger charge is 2.22. The Labute approximate surface area is 223 Å². The fourth-order valence-electron chi connectivity index (χ4n) is 4.71. The molecule has 3 rings (SSSR count). The van der Waals surface area contributed by atoms with Crippen LogP contribution in [0.25, 0.3) is 0 Å². The van der Waals surface area contributed by atoms with Gasteiger partial charge in [0.15, 0.2) is 0 Å². The first-order valence-electron chi connectivity index (χ1n) is 14.0. The van der Waals surface area contributed by atoms with E-state index in [0.29, 0.717) is 32.0 Å². The molecule has 0 saturated carbocycles. The van der Waals surface area contributed by atoms with Gasteiger partial charge in [-0.2, -0.15) is 0 Å². The van der Waals surface area contributed by atoms with Gasteiger partial charge >= 0.3 is 0 Å². The van der Waals surface area contributed by atoms with Crippen LogP contribution in [-0.4, -0.2) is 54.3 Å². The van der Waals surface area contributed by atoms with Gasteiger partial charge in [-0.1, -0.05) is 94.0 Å². The summed E-state index contributed by atoms with van der Waals surface area (Å²) in [5.41, 5.74) is 3.55. The predicted octanol–water partition coefficient (Wildman–Crippen LogP) is 5.33. The Morgan fingerprint density at radius 3 is 2.43 bits per heavy atom. The van der Waals surface area contributed by atoms with E-state index < -0.39 is 0 Å². The average Bonchev–Trinajstić information content (AvgIpc) is 2.90. The number of rotatable bonds is 14. The fraction of sp³-hybridized carbons (Fsp3) is 0.548. The summed E-state index contributed by atoms with van der Waals surface area (Å²) in [7, 11) is 0. The second-order valence-electron chi connectivity index (χ2n) is 10.5. The molecule has 6 heteroatoms. The molecule has 6 nitrogen and oxygen atoms in total. The summed E-state index contributed by atoms with van der Waals surface area (Å²) in [6, 6.07) is 16.6. The van der Waals surface area contributed by atoms with Gasteiger partial charge in [-0.3, -0.25) is 14.5 Å². The third kappa shape index (κ3) is 10.2. The van der Waals surface area contributed by atoms with Crippen molar-refractivity contribution < 1.29 is 14.3 Å². The normalized spacial score (nSPS) is 14.8. The van der Waals surface area contributed by atoms with Crippen molar-refractivity contribution >= 4 is 11.8 Å². The van der Waals surface area contributed by atoms with E-state index in [2.05, 4.69) is 61.3 Å². The van der Waals surface area contributed by atoms with Crippen LogP contribution in [0, 0.1) is 12.8 Å². The van der Waals surface area contributed by atoms with Crippen molar-refractivity contribution in [2.24, 2.45) is 5.92 Å². The molecule has 1 unspecified atom stereocenters. The topological polar surface area (TPSA) is 61.9 Å². The van der Waals surface area contributed by atoms with Gasteiger partial charge in [0.05, 0.1) is 6.54 Å². The van der Waals surface area contributed by atoms with Crippen molar-refractivity contribution in [3.05, 3.63) is 65.2 Å². The summed E-state index contributed by atoms with van der Waals surface area (Å²) < 4.78 is 6.15. The minimum atomic E-state index is -0.0165. The molecule has 202 valence electrons. The van der Waals surface area contributed by atoms with Crippen LogP contribution in [0.4, 0.5) is 0 Å². The molecule has 1 saturated heterocycles. The van der Waals surface area contributed by atoms with Crippen molar-refractivity contribution in [3.8, 4) is 5.75 Å². The number of carbonyl (C=O) groups is 2. The van der Waals surface area contributed by atoms with Gasteiger partial charge in [0.2, 0.25) is 11.8 Å². The van der Waals surface area contributed by atoms with E-state index in [-0.39, 0.29) is 18.4 Å². The maximum atomic E-state index is 12.7. The van der Waals surface area contributed by atoms with Crippen LogP contribution >= 0.6 is 0 Å². The van der Waals surface area contributed by atoms with E-state index in [1.54, 1.807) is 0 Å². The molecule has 2 aromatic carbocycles. The third-order valence-electron chi connectivity index (χ3n) is 7.13. The summed E-state index contributed by atoms with van der Waals surface area (Å²) in [5, 5.41) is 2.84. The number of nitrogens with zero attached hydrogens (tertiary/aromatic N) is 2. The number of unbranched alkanes of at least 4 members (excludes halogenated alkanes) is 3. The zero-order valence-corrected chi connectivity index (χ0v) is 23.0. The van der Waals surface area contributed by atoms with Crippen LogP contribution in [0.5, 0.6) is 5.75 Å². The summed E-state index contributed by atoms with van der Waals surface area (Å²) >= 11 is 0. The van der Waals surface area contributed by atoms with E-state index in [0.717, 1.165) is 42.9 Å². The zero-order chi connectivity index (χ0) is 26.5. The Bertz CT molecular complexity index is 968. The second kappa shape index (κ2) is 15.4. The van der Waals surface area contributed by atoms with Crippen molar-refractivity contribution in [2.45, 2.75) is 72.4 Å². The van der Waals surface area contributed by atoms with Gasteiger partial charge in [0, 0.05) is 44.7 Å². The molecule has 0 aliphatic carbocycles. The maximum absolute atomic E-state index is 12.7. The number of benzene rings is 2. The molecule has 1 aliphatic heterocycles. The maximum Gasteiger partial charge on any atom is 0.242 e. The zero-order valence-electron chi connectivity index (χ0n) is 23.0. The lowest BCUT2D eigenvalue weighted by Gasteiger charge is -2.35. The largest absolute Gasteiger partial charge is 0.489 e. The lowest BCUT2D eigenvalue weighted by molar-refractivity contribution is -0.134. The van der Waals surface area contributed by atoms with Gasteiger partial charge in [0.25, 0.3) is 0 Å². The Morgan fingerprint density at radius 2 is 1.70 bits per heavy atom. The molecule has 0 bridgehead atoms. The second-order valence-corrected chi connectivity index (χ2v) is 10.5. The number of hydrogen-bond donors (Lipinski definition) is 1. The smallest absolute Gasteiger partial charge is 0.242 e. The van der Waals surface area contributed by atoms with Gasteiger partial charge in [-0.05, 0) is 24.5 Å². The Morgan fingerprint density at radius 1 is 0.973 bits per heavy atom. The van der Waals surface area contributed by atoms with E-state index in [9.17, 15) is 9.59 Å². The van der Waals surface area contributed by atoms with Crippen LogP contribution in [0.15, 0.2) is 48.5 Å². The van der Waals surface area contributed by atoms with Crippen LogP contribution in [-0.2, 0) is 22.7 Å². The third-order valence-corrected chi connectivity index (χ3v) is 7.13. The number of ether oxygens (including phenoxy) is 1. The average molecular weight is 508 g/mol. The molecule has 1 heterocycles. The van der Waals surface area contributed by atoms with Crippen LogP contribution in [0.3, 0.4) is 0 Å². The van der Waals surface area contributed by atoms with Gasteiger partial charge in [-0.15, -0.1) is 0 Å². The molecule has 0 aromatic heterocycles. The van der Waals surface area contributed by atoms with Crippen molar-refractivity contribution in [1.29, 1.82) is 0 Å². The van der Waals surface area contributed by atoms with Gasteiger partial charge in [0.1, 0.15) is 12.4 Å². The summed E-state index contributed by atoms with van der Waals surface area (Å²) in [6.45, 7) is 10.8. The van der Waals surface area contributed by atoms with E-state index in [4.69, 9.17) is 4.74 Å². The highest BCUT2D eigenvalue weighted by Crippen LogP contribution is 2.22. The van der Waals surface area contributed by atoms with Crippen LogP contribution in [0.1, 0.15) is 69.1 Å². The molecule has 2 amide bonds. The number of para-hydroxylation sites is 1. The molecule has 0 spiro atoms. The molecule has 2 aromatic rings. The SMILES string of the molecule is CCCCCCC(C)CC(=O)NCC(=O)N1CCN(Cc2ccccc2OCc2ccc(C)cc2)CC1. The highest BCUT2D eigenvalue weighted by molar-refractivity contribution is 5.84. The number of aryl methyl sites for hydroxylation is 1. The van der Waals surface area contributed by atoms with E-state index >= 15 is 0 Å². The molecule has 1 N–H and O–H groups in total. The number of amides is 2. The van der Waals surface area contributed by atoms with Crippen molar-refractivity contribution in [1.82, 2.24) is 15.1 Å². The molecule has 0 radical (unpaired) electrons. The Balaban J connectivity index is 1.37.